The molecule has 0 saturated heterocycles. The normalized spacial score (nSPS) is 18.7. The fraction of sp³-hybridized carbons (Fsp3) is 0.429. The molecule has 1 atom stereocenters. The van der Waals surface area contributed by atoms with E-state index in [1.54, 1.807) is 0 Å². The first-order chi connectivity index (χ1) is 8.72. The first-order valence-corrected chi connectivity index (χ1v) is 7.20. The summed E-state index contributed by atoms with van der Waals surface area (Å²) in [5, 5.41) is 4.61. The molecule has 0 bridgehead atoms. The molecule has 1 aliphatic heterocycles. The number of nitrogens with zero attached hydrogens (tertiary/aromatic N) is 3. The average molecular weight is 306 g/mol. The molecule has 1 aromatic carbocycles. The van der Waals surface area contributed by atoms with Gasteiger partial charge in [0.25, 0.3) is 0 Å². The van der Waals surface area contributed by atoms with Gasteiger partial charge in [-0.25, -0.2) is 9.67 Å². The van der Waals surface area contributed by atoms with Crippen molar-refractivity contribution in [3.63, 3.8) is 0 Å². The van der Waals surface area contributed by atoms with Gasteiger partial charge in [-0.1, -0.05) is 35.0 Å². The number of aromatic nitrogens is 3. The van der Waals surface area contributed by atoms with E-state index in [2.05, 4.69) is 61.9 Å². The van der Waals surface area contributed by atoms with Crippen molar-refractivity contribution >= 4 is 15.9 Å². The molecule has 1 aromatic heterocycles. The van der Waals surface area contributed by atoms with Crippen LogP contribution in [0.3, 0.4) is 0 Å². The topological polar surface area (TPSA) is 30.7 Å². The van der Waals surface area contributed by atoms with E-state index in [1.165, 1.54) is 18.4 Å². The van der Waals surface area contributed by atoms with E-state index < -0.39 is 0 Å². The molecule has 0 N–H and O–H groups in total. The van der Waals surface area contributed by atoms with Gasteiger partial charge in [0, 0.05) is 23.4 Å². The summed E-state index contributed by atoms with van der Waals surface area (Å²) in [5.41, 5.74) is 1.26. The van der Waals surface area contributed by atoms with Crippen LogP contribution in [-0.2, 0) is 13.0 Å². The van der Waals surface area contributed by atoms with Gasteiger partial charge in [-0.15, -0.1) is 0 Å². The van der Waals surface area contributed by atoms with Crippen LogP contribution in [-0.4, -0.2) is 14.8 Å². The zero-order valence-electron chi connectivity index (χ0n) is 10.4. The van der Waals surface area contributed by atoms with Gasteiger partial charge >= 0.3 is 0 Å². The zero-order chi connectivity index (χ0) is 12.5. The van der Waals surface area contributed by atoms with E-state index in [-0.39, 0.29) is 0 Å². The molecule has 3 rings (SSSR count). The van der Waals surface area contributed by atoms with Crippen molar-refractivity contribution in [3.8, 4) is 0 Å². The highest BCUT2D eigenvalue weighted by molar-refractivity contribution is 9.10. The third-order valence-electron chi connectivity index (χ3n) is 3.47. The Balaban J connectivity index is 1.83. The highest BCUT2D eigenvalue weighted by Gasteiger charge is 2.20. The molecule has 1 aliphatic rings. The fourth-order valence-corrected chi connectivity index (χ4v) is 2.73. The molecule has 18 heavy (non-hydrogen) atoms. The Bertz CT molecular complexity index is 545. The number of halogens is 1. The lowest BCUT2D eigenvalue weighted by Crippen LogP contribution is -2.14. The van der Waals surface area contributed by atoms with E-state index >= 15 is 0 Å². The molecule has 0 aliphatic carbocycles. The Hall–Kier alpha value is -1.16. The first-order valence-electron chi connectivity index (χ1n) is 6.40. The fourth-order valence-electron chi connectivity index (χ4n) is 2.47. The van der Waals surface area contributed by atoms with E-state index in [0.29, 0.717) is 5.92 Å². The maximum absolute atomic E-state index is 4.69. The quantitative estimate of drug-likeness (QED) is 0.850. The van der Waals surface area contributed by atoms with Crippen molar-refractivity contribution in [2.45, 2.75) is 38.6 Å². The van der Waals surface area contributed by atoms with Crippen molar-refractivity contribution in [3.05, 3.63) is 46.0 Å². The minimum absolute atomic E-state index is 0.546. The van der Waals surface area contributed by atoms with Crippen LogP contribution in [0.25, 0.3) is 0 Å². The molecule has 0 radical (unpaired) electrons. The SMILES string of the molecule is CC1CCCn2nc(Cc3ccc(Br)cc3)nc21. The van der Waals surface area contributed by atoms with Crippen molar-refractivity contribution in [1.29, 1.82) is 0 Å². The molecule has 2 heterocycles. The Kier molecular flexibility index (Phi) is 3.20. The number of hydrogen-bond donors (Lipinski definition) is 0. The van der Waals surface area contributed by atoms with Gasteiger partial charge in [-0.05, 0) is 30.5 Å². The van der Waals surface area contributed by atoms with Crippen LogP contribution in [0, 0.1) is 0 Å². The summed E-state index contributed by atoms with van der Waals surface area (Å²) in [6.07, 6.45) is 3.27. The van der Waals surface area contributed by atoms with Crippen molar-refractivity contribution in [1.82, 2.24) is 14.8 Å². The summed E-state index contributed by atoms with van der Waals surface area (Å²) in [6, 6.07) is 8.36. The summed E-state index contributed by atoms with van der Waals surface area (Å²) < 4.78 is 3.19. The second kappa shape index (κ2) is 4.84. The van der Waals surface area contributed by atoms with E-state index in [9.17, 15) is 0 Å². The van der Waals surface area contributed by atoms with Crippen LogP contribution in [0.15, 0.2) is 28.7 Å². The molecule has 0 fully saturated rings. The van der Waals surface area contributed by atoms with Crippen LogP contribution < -0.4 is 0 Å². The van der Waals surface area contributed by atoms with Crippen LogP contribution in [0.1, 0.15) is 42.9 Å². The van der Waals surface area contributed by atoms with E-state index in [1.807, 2.05) is 0 Å². The maximum Gasteiger partial charge on any atom is 0.155 e. The maximum atomic E-state index is 4.69. The average Bonchev–Trinajstić information content (AvgIpc) is 2.76. The molecule has 1 unspecified atom stereocenters. The van der Waals surface area contributed by atoms with Gasteiger partial charge < -0.3 is 0 Å². The molecular formula is C14H16BrN3. The number of rotatable bonds is 2. The lowest BCUT2D eigenvalue weighted by molar-refractivity contribution is 0.431. The lowest BCUT2D eigenvalue weighted by Gasteiger charge is -2.17. The van der Waals surface area contributed by atoms with Crippen LogP contribution in [0.4, 0.5) is 0 Å². The predicted octanol–water partition coefficient (Wildman–Crippen LogP) is 3.53. The second-order valence-electron chi connectivity index (χ2n) is 4.96. The van der Waals surface area contributed by atoms with E-state index in [0.717, 1.165) is 29.1 Å². The third-order valence-corrected chi connectivity index (χ3v) is 4.00. The minimum Gasteiger partial charge on any atom is -0.250 e. The standard InChI is InChI=1S/C14H16BrN3/c1-10-3-2-8-18-14(10)16-13(17-18)9-11-4-6-12(15)7-5-11/h4-7,10H,2-3,8-9H2,1H3. The van der Waals surface area contributed by atoms with Crippen molar-refractivity contribution in [2.24, 2.45) is 0 Å². The molecule has 2 aromatic rings. The Morgan fingerprint density at radius 2 is 2.11 bits per heavy atom. The highest BCUT2D eigenvalue weighted by Crippen LogP contribution is 2.25. The Morgan fingerprint density at radius 3 is 2.83 bits per heavy atom. The molecule has 3 nitrogen and oxygen atoms in total. The molecule has 94 valence electrons. The van der Waals surface area contributed by atoms with Gasteiger partial charge in [-0.2, -0.15) is 5.10 Å². The van der Waals surface area contributed by atoms with Crippen LogP contribution in [0.2, 0.25) is 0 Å². The Labute approximate surface area is 115 Å². The number of aryl methyl sites for hydroxylation is 1. The first kappa shape index (κ1) is 11.9. The van der Waals surface area contributed by atoms with Crippen molar-refractivity contribution < 1.29 is 0 Å². The third kappa shape index (κ3) is 2.34. The minimum atomic E-state index is 0.546. The summed E-state index contributed by atoms with van der Waals surface area (Å²) in [7, 11) is 0. The zero-order valence-corrected chi connectivity index (χ0v) is 12.0. The second-order valence-corrected chi connectivity index (χ2v) is 5.87. The predicted molar refractivity (Wildman–Crippen MR) is 74.6 cm³/mol. The molecule has 0 saturated carbocycles. The highest BCUT2D eigenvalue weighted by atomic mass is 79.9. The number of benzene rings is 1. The molecule has 0 amide bonds. The van der Waals surface area contributed by atoms with Crippen LogP contribution in [0.5, 0.6) is 0 Å². The smallest absolute Gasteiger partial charge is 0.155 e. The number of hydrogen-bond acceptors (Lipinski definition) is 2. The largest absolute Gasteiger partial charge is 0.250 e. The summed E-state index contributed by atoms with van der Waals surface area (Å²) in [6.45, 7) is 3.26. The summed E-state index contributed by atoms with van der Waals surface area (Å²) >= 11 is 3.45. The van der Waals surface area contributed by atoms with Crippen LogP contribution >= 0.6 is 15.9 Å². The van der Waals surface area contributed by atoms with E-state index in [4.69, 9.17) is 0 Å². The molecular weight excluding hydrogens is 290 g/mol. The van der Waals surface area contributed by atoms with Gasteiger partial charge in [0.2, 0.25) is 0 Å². The van der Waals surface area contributed by atoms with Gasteiger partial charge in [0.1, 0.15) is 5.82 Å². The van der Waals surface area contributed by atoms with Gasteiger partial charge in [0.05, 0.1) is 0 Å². The lowest BCUT2D eigenvalue weighted by atomic mass is 10.0. The monoisotopic (exact) mass is 305 g/mol. The molecule has 0 spiro atoms. The Morgan fingerprint density at radius 1 is 1.33 bits per heavy atom. The van der Waals surface area contributed by atoms with Crippen molar-refractivity contribution in [2.75, 3.05) is 0 Å². The summed E-state index contributed by atoms with van der Waals surface area (Å²) in [5.74, 6) is 2.65. The van der Waals surface area contributed by atoms with Gasteiger partial charge in [-0.3, -0.25) is 0 Å². The van der Waals surface area contributed by atoms with Gasteiger partial charge in [0.15, 0.2) is 5.82 Å². The summed E-state index contributed by atoms with van der Waals surface area (Å²) in [4.78, 5) is 4.69. The number of fused-ring (bicyclic) bond motifs is 1. The molecule has 4 heteroatoms.